The van der Waals surface area contributed by atoms with Gasteiger partial charge in [0.05, 0.1) is 16.1 Å². The van der Waals surface area contributed by atoms with E-state index in [9.17, 15) is 22.9 Å². The van der Waals surface area contributed by atoms with Crippen molar-refractivity contribution in [1.82, 2.24) is 0 Å². The Morgan fingerprint density at radius 1 is 1.36 bits per heavy atom. The molecule has 0 heterocycles. The summed E-state index contributed by atoms with van der Waals surface area (Å²) in [6.45, 7) is 1.27. The summed E-state index contributed by atoms with van der Waals surface area (Å²) in [6.07, 6.45) is 1.05. The third-order valence-electron chi connectivity index (χ3n) is 1.14. The van der Waals surface area contributed by atoms with Crippen LogP contribution in [0.3, 0.4) is 0 Å². The molecule has 0 N–H and O–H groups in total. The summed E-state index contributed by atoms with van der Waals surface area (Å²) in [5.41, 5.74) is -0.0707. The first-order valence-corrected chi connectivity index (χ1v) is 4.72. The fourth-order valence-corrected chi connectivity index (χ4v) is 0.910. The number of rotatable bonds is 4. The largest absolute Gasteiger partial charge is 1.00 e. The molecule has 0 aliphatic heterocycles. The van der Waals surface area contributed by atoms with E-state index in [-0.39, 0.29) is 71.1 Å². The number of aliphatic carboxylic acids is 1. The first-order chi connectivity index (χ1) is 5.33. The van der Waals surface area contributed by atoms with Crippen LogP contribution in [-0.2, 0) is 14.9 Å². The topological polar surface area (TPSA) is 97.3 Å². The second kappa shape index (κ2) is 9.35. The van der Waals surface area contributed by atoms with Gasteiger partial charge in [-0.05, 0) is 18.9 Å². The van der Waals surface area contributed by atoms with Gasteiger partial charge in [0.15, 0.2) is 0 Å². The standard InChI is InChI=1S/C6H10O5S.2Na/c1-5(6(7)8)3-2-4-12(9,10)11;;/h3H,2,4H2,1H3,(H,7,8)(H,9,10,11);;/q;2*+1/p-2. The van der Waals surface area contributed by atoms with Crippen LogP contribution in [0.1, 0.15) is 13.3 Å². The Labute approximate surface area is 127 Å². The van der Waals surface area contributed by atoms with Crippen molar-refractivity contribution >= 4 is 16.1 Å². The molecule has 0 aromatic carbocycles. The normalized spacial score (nSPS) is 11.1. The van der Waals surface area contributed by atoms with Crippen molar-refractivity contribution in [1.29, 1.82) is 0 Å². The van der Waals surface area contributed by atoms with Crippen LogP contribution in [0.25, 0.3) is 0 Å². The molecule has 0 aromatic rings. The smallest absolute Gasteiger partial charge is 0.748 e. The maximum absolute atomic E-state index is 10.0. The van der Waals surface area contributed by atoms with Crippen molar-refractivity contribution in [2.75, 3.05) is 5.75 Å². The number of carboxylic acid groups (broad SMARTS) is 1. The predicted octanol–water partition coefficient (Wildman–Crippen LogP) is -7.37. The molecule has 8 heteroatoms. The van der Waals surface area contributed by atoms with Crippen LogP contribution < -0.4 is 64.2 Å². The van der Waals surface area contributed by atoms with Gasteiger partial charge in [0.25, 0.3) is 0 Å². The van der Waals surface area contributed by atoms with E-state index in [1.54, 1.807) is 0 Å². The molecule has 0 atom stereocenters. The number of carbonyl (C=O) groups excluding carboxylic acids is 1. The van der Waals surface area contributed by atoms with Gasteiger partial charge in [0.1, 0.15) is 0 Å². The molecule has 0 radical (unpaired) electrons. The number of carbonyl (C=O) groups is 1. The zero-order valence-corrected chi connectivity index (χ0v) is 13.3. The molecule has 0 rings (SSSR count). The minimum atomic E-state index is -4.25. The molecule has 0 unspecified atom stereocenters. The summed E-state index contributed by atoms with van der Waals surface area (Å²) in [5, 5.41) is 10.0. The first kappa shape index (κ1) is 20.5. The number of allylic oxidation sites excluding steroid dienone is 1. The Morgan fingerprint density at radius 2 is 1.79 bits per heavy atom. The summed E-state index contributed by atoms with van der Waals surface area (Å²) in [5.74, 6) is -1.95. The first-order valence-electron chi connectivity index (χ1n) is 3.14. The van der Waals surface area contributed by atoms with E-state index >= 15 is 0 Å². The number of hydrogen-bond acceptors (Lipinski definition) is 5. The molecule has 0 bridgehead atoms. The van der Waals surface area contributed by atoms with Crippen molar-refractivity contribution in [2.45, 2.75) is 13.3 Å². The SMILES string of the molecule is CC(=CCCS(=O)(=O)[O-])C(=O)[O-].[Na+].[Na+]. The van der Waals surface area contributed by atoms with Crippen molar-refractivity contribution < 1.29 is 82.0 Å². The summed E-state index contributed by atoms with van der Waals surface area (Å²) < 4.78 is 30.1. The van der Waals surface area contributed by atoms with Crippen LogP contribution in [0.4, 0.5) is 0 Å². The van der Waals surface area contributed by atoms with Crippen LogP contribution in [0.5, 0.6) is 0 Å². The van der Waals surface area contributed by atoms with E-state index in [2.05, 4.69) is 0 Å². The fourth-order valence-electron chi connectivity index (χ4n) is 0.503. The van der Waals surface area contributed by atoms with Crippen molar-refractivity contribution in [3.05, 3.63) is 11.6 Å². The van der Waals surface area contributed by atoms with E-state index in [4.69, 9.17) is 0 Å². The Balaban J connectivity index is -0.000000605. The van der Waals surface area contributed by atoms with E-state index in [1.807, 2.05) is 0 Å². The molecule has 0 aromatic heterocycles. The quantitative estimate of drug-likeness (QED) is 0.275. The van der Waals surface area contributed by atoms with Gasteiger partial charge < -0.3 is 14.5 Å². The Kier molecular flexibility index (Phi) is 13.7. The van der Waals surface area contributed by atoms with E-state index in [1.165, 1.54) is 6.92 Å². The Bertz CT molecular complexity index is 295. The van der Waals surface area contributed by atoms with Crippen LogP contribution in [0.15, 0.2) is 11.6 Å². The van der Waals surface area contributed by atoms with Gasteiger partial charge in [-0.15, -0.1) is 0 Å². The summed E-state index contributed by atoms with van der Waals surface area (Å²) in [4.78, 5) is 10.0. The van der Waals surface area contributed by atoms with Gasteiger partial charge in [-0.1, -0.05) is 6.08 Å². The monoisotopic (exact) mass is 238 g/mol. The number of hydrogen-bond donors (Lipinski definition) is 0. The van der Waals surface area contributed by atoms with E-state index in [0.717, 1.165) is 6.08 Å². The maximum atomic E-state index is 10.0. The maximum Gasteiger partial charge on any atom is 1.00 e. The minimum Gasteiger partial charge on any atom is -0.748 e. The van der Waals surface area contributed by atoms with Gasteiger partial charge in [0.2, 0.25) is 0 Å². The molecule has 14 heavy (non-hydrogen) atoms. The predicted molar refractivity (Wildman–Crippen MR) is 37.9 cm³/mol. The molecule has 0 spiro atoms. The average Bonchev–Trinajstić information content (AvgIpc) is 1.84. The van der Waals surface area contributed by atoms with Crippen LogP contribution in [0, 0.1) is 0 Å². The van der Waals surface area contributed by atoms with Crippen LogP contribution in [0.2, 0.25) is 0 Å². The van der Waals surface area contributed by atoms with Crippen molar-refractivity contribution in [2.24, 2.45) is 0 Å². The molecular weight excluding hydrogens is 230 g/mol. The van der Waals surface area contributed by atoms with Gasteiger partial charge in [-0.25, -0.2) is 8.42 Å². The van der Waals surface area contributed by atoms with Crippen molar-refractivity contribution in [3.8, 4) is 0 Å². The molecule has 5 nitrogen and oxygen atoms in total. The molecular formula is C6H8Na2O5S. The molecule has 0 fully saturated rings. The van der Waals surface area contributed by atoms with E-state index < -0.39 is 21.8 Å². The molecule has 0 saturated carbocycles. The number of carboxylic acids is 1. The van der Waals surface area contributed by atoms with Crippen LogP contribution >= 0.6 is 0 Å². The van der Waals surface area contributed by atoms with E-state index in [0.29, 0.717) is 0 Å². The molecule has 70 valence electrons. The van der Waals surface area contributed by atoms with Crippen LogP contribution in [-0.4, -0.2) is 24.7 Å². The average molecular weight is 238 g/mol. The van der Waals surface area contributed by atoms with Gasteiger partial charge in [-0.3, -0.25) is 0 Å². The second-order valence-electron chi connectivity index (χ2n) is 2.23. The second-order valence-corrected chi connectivity index (χ2v) is 3.75. The fraction of sp³-hybridized carbons (Fsp3) is 0.500. The Hall–Kier alpha value is 1.12. The van der Waals surface area contributed by atoms with Gasteiger partial charge in [-0.2, -0.15) is 0 Å². The zero-order chi connectivity index (χ0) is 9.78. The third-order valence-corrected chi connectivity index (χ3v) is 1.88. The van der Waals surface area contributed by atoms with Crippen molar-refractivity contribution in [3.63, 3.8) is 0 Å². The summed E-state index contributed by atoms with van der Waals surface area (Å²) >= 11 is 0. The minimum absolute atomic E-state index is 0. The third kappa shape index (κ3) is 13.1. The molecule has 0 amide bonds. The Morgan fingerprint density at radius 3 is 2.07 bits per heavy atom. The summed E-state index contributed by atoms with van der Waals surface area (Å²) in [7, 11) is -4.25. The zero-order valence-electron chi connectivity index (χ0n) is 8.44. The van der Waals surface area contributed by atoms with Gasteiger partial charge >= 0.3 is 59.1 Å². The molecule has 0 aliphatic carbocycles. The van der Waals surface area contributed by atoms with Gasteiger partial charge in [0, 0.05) is 5.75 Å². The summed E-state index contributed by atoms with van der Waals surface area (Å²) in [6, 6.07) is 0. The molecule has 0 saturated heterocycles. The molecule has 0 aliphatic rings.